The van der Waals surface area contributed by atoms with Gasteiger partial charge in [0.1, 0.15) is 17.3 Å². The Balaban J connectivity index is 1.74. The number of benzene rings is 3. The third kappa shape index (κ3) is 4.47. The van der Waals surface area contributed by atoms with Gasteiger partial charge in [0.2, 0.25) is 0 Å². The Labute approximate surface area is 216 Å². The molecule has 5 rings (SSSR count). The van der Waals surface area contributed by atoms with Gasteiger partial charge in [0.05, 0.1) is 28.6 Å². The van der Waals surface area contributed by atoms with Crippen LogP contribution >= 0.6 is 11.6 Å². The van der Waals surface area contributed by atoms with E-state index >= 15 is 4.39 Å². The smallest absolute Gasteiger partial charge is 0.416 e. The van der Waals surface area contributed by atoms with Crippen LogP contribution in [0.15, 0.2) is 48.5 Å². The minimum absolute atomic E-state index is 0.0423. The maximum atomic E-state index is 15.5. The summed E-state index contributed by atoms with van der Waals surface area (Å²) in [6.45, 7) is 0.401. The minimum atomic E-state index is -4.76. The molecule has 1 saturated heterocycles. The zero-order valence-corrected chi connectivity index (χ0v) is 20.1. The normalized spacial score (nSPS) is 13.6. The molecule has 3 aromatic carbocycles. The number of rotatable bonds is 5. The van der Waals surface area contributed by atoms with Gasteiger partial charge >= 0.3 is 12.1 Å². The molecule has 1 N–H and O–H groups in total. The average molecular weight is 550 g/mol. The minimum Gasteiger partial charge on any atom is -0.478 e. The molecule has 4 aromatic rings. The first-order chi connectivity index (χ1) is 18.0. The zero-order chi connectivity index (χ0) is 27.4. The topological polar surface area (TPSA) is 75.4 Å². The van der Waals surface area contributed by atoms with Gasteiger partial charge in [0.25, 0.3) is 5.91 Å². The summed E-state index contributed by atoms with van der Waals surface area (Å²) in [6.07, 6.45) is -3.97. The number of carboxylic acid groups (broad SMARTS) is 1. The lowest BCUT2D eigenvalue weighted by Crippen LogP contribution is -2.42. The van der Waals surface area contributed by atoms with Gasteiger partial charge in [-0.3, -0.25) is 9.48 Å². The van der Waals surface area contributed by atoms with Crippen molar-refractivity contribution in [1.82, 2.24) is 14.7 Å². The SMILES string of the molecule is O=C(O)c1ccc(-c2nn(Cc3c(Cl)cccc3C(F)(F)F)c3cc(C(=O)N4CCC4)cc(F)c23)c(F)c1. The monoisotopic (exact) mass is 549 g/mol. The van der Waals surface area contributed by atoms with Crippen LogP contribution in [0.3, 0.4) is 0 Å². The maximum absolute atomic E-state index is 15.5. The number of carbonyl (C=O) groups is 2. The number of halogens is 6. The van der Waals surface area contributed by atoms with Crippen molar-refractivity contribution in [2.45, 2.75) is 19.1 Å². The van der Waals surface area contributed by atoms with Gasteiger partial charge in [0.15, 0.2) is 0 Å². The van der Waals surface area contributed by atoms with Crippen LogP contribution in [0.2, 0.25) is 5.02 Å². The first-order valence-corrected chi connectivity index (χ1v) is 11.7. The Bertz CT molecular complexity index is 1610. The van der Waals surface area contributed by atoms with Gasteiger partial charge in [-0.15, -0.1) is 0 Å². The van der Waals surface area contributed by atoms with E-state index in [-0.39, 0.29) is 43.9 Å². The van der Waals surface area contributed by atoms with E-state index in [1.807, 2.05) is 0 Å². The number of aromatic nitrogens is 2. The summed E-state index contributed by atoms with van der Waals surface area (Å²) in [6, 6.07) is 8.45. The van der Waals surface area contributed by atoms with Crippen molar-refractivity contribution in [3.63, 3.8) is 0 Å². The van der Waals surface area contributed by atoms with E-state index in [1.54, 1.807) is 0 Å². The molecule has 0 radical (unpaired) electrons. The number of alkyl halides is 3. The average Bonchev–Trinajstić information content (AvgIpc) is 3.17. The zero-order valence-electron chi connectivity index (χ0n) is 19.3. The van der Waals surface area contributed by atoms with E-state index in [4.69, 9.17) is 16.7 Å². The second-order valence-electron chi connectivity index (χ2n) is 8.77. The second kappa shape index (κ2) is 9.39. The molecule has 1 aromatic heterocycles. The van der Waals surface area contributed by atoms with Crippen LogP contribution in [0.5, 0.6) is 0 Å². The quantitative estimate of drug-likeness (QED) is 0.299. The maximum Gasteiger partial charge on any atom is 0.416 e. The number of nitrogens with zero attached hydrogens (tertiary/aromatic N) is 3. The lowest BCUT2D eigenvalue weighted by Gasteiger charge is -2.30. The Hall–Kier alpha value is -3.99. The third-order valence-electron chi connectivity index (χ3n) is 6.40. The van der Waals surface area contributed by atoms with Crippen molar-refractivity contribution < 1.29 is 36.6 Å². The molecular formula is C26H17ClF5N3O3. The van der Waals surface area contributed by atoms with Crippen LogP contribution < -0.4 is 0 Å². The third-order valence-corrected chi connectivity index (χ3v) is 6.75. The van der Waals surface area contributed by atoms with Crippen LogP contribution in [0.1, 0.15) is 38.3 Å². The highest BCUT2D eigenvalue weighted by atomic mass is 35.5. The Morgan fingerprint density at radius 3 is 2.32 bits per heavy atom. The second-order valence-corrected chi connectivity index (χ2v) is 9.17. The number of carboxylic acids is 1. The first-order valence-electron chi connectivity index (χ1n) is 11.3. The molecule has 0 unspecified atom stereocenters. The number of likely N-dealkylation sites (tertiary alicyclic amines) is 1. The van der Waals surface area contributed by atoms with Crippen LogP contribution in [0.25, 0.3) is 22.2 Å². The number of aromatic carboxylic acids is 1. The van der Waals surface area contributed by atoms with Crippen molar-refractivity contribution in [2.75, 3.05) is 13.1 Å². The summed E-state index contributed by atoms with van der Waals surface area (Å²) in [4.78, 5) is 25.5. The number of fused-ring (bicyclic) bond motifs is 1. The highest BCUT2D eigenvalue weighted by Gasteiger charge is 2.35. The summed E-state index contributed by atoms with van der Waals surface area (Å²) in [5.74, 6) is -3.81. The Morgan fingerprint density at radius 2 is 1.71 bits per heavy atom. The molecule has 1 aliphatic rings. The number of carbonyl (C=O) groups excluding carboxylic acids is 1. The lowest BCUT2D eigenvalue weighted by molar-refractivity contribution is -0.138. The van der Waals surface area contributed by atoms with Crippen molar-refractivity contribution in [3.8, 4) is 11.3 Å². The highest BCUT2D eigenvalue weighted by molar-refractivity contribution is 6.31. The molecule has 1 amide bonds. The molecule has 6 nitrogen and oxygen atoms in total. The fourth-order valence-corrected chi connectivity index (χ4v) is 4.60. The van der Waals surface area contributed by atoms with Gasteiger partial charge in [-0.25, -0.2) is 13.6 Å². The van der Waals surface area contributed by atoms with E-state index in [1.165, 1.54) is 17.0 Å². The molecule has 12 heteroatoms. The van der Waals surface area contributed by atoms with E-state index < -0.39 is 41.8 Å². The van der Waals surface area contributed by atoms with E-state index in [9.17, 15) is 27.2 Å². The molecule has 0 spiro atoms. The number of hydrogen-bond acceptors (Lipinski definition) is 3. The lowest BCUT2D eigenvalue weighted by atomic mass is 10.0. The van der Waals surface area contributed by atoms with E-state index in [2.05, 4.69) is 5.10 Å². The summed E-state index contributed by atoms with van der Waals surface area (Å²) in [7, 11) is 0. The molecular weight excluding hydrogens is 533 g/mol. The van der Waals surface area contributed by atoms with Crippen molar-refractivity contribution >= 4 is 34.4 Å². The van der Waals surface area contributed by atoms with Crippen LogP contribution in [0.4, 0.5) is 22.0 Å². The fraction of sp³-hybridized carbons (Fsp3) is 0.192. The van der Waals surface area contributed by atoms with Crippen molar-refractivity contribution in [2.24, 2.45) is 0 Å². The van der Waals surface area contributed by atoms with Gasteiger partial charge in [0, 0.05) is 34.8 Å². The van der Waals surface area contributed by atoms with Gasteiger partial charge in [-0.2, -0.15) is 18.3 Å². The largest absolute Gasteiger partial charge is 0.478 e. The first kappa shape index (κ1) is 25.7. The fourth-order valence-electron chi connectivity index (χ4n) is 4.36. The summed E-state index contributed by atoms with van der Waals surface area (Å²) < 4.78 is 72.8. The van der Waals surface area contributed by atoms with E-state index in [0.717, 1.165) is 47.5 Å². The van der Waals surface area contributed by atoms with Crippen molar-refractivity contribution in [1.29, 1.82) is 0 Å². The van der Waals surface area contributed by atoms with Gasteiger partial charge < -0.3 is 10.0 Å². The molecule has 1 aliphatic heterocycles. The molecule has 38 heavy (non-hydrogen) atoms. The van der Waals surface area contributed by atoms with Crippen LogP contribution in [-0.2, 0) is 12.7 Å². The Morgan fingerprint density at radius 1 is 1.00 bits per heavy atom. The van der Waals surface area contributed by atoms with Gasteiger partial charge in [-0.1, -0.05) is 17.7 Å². The van der Waals surface area contributed by atoms with Crippen molar-refractivity contribution in [3.05, 3.63) is 87.4 Å². The molecule has 0 atom stereocenters. The molecule has 196 valence electrons. The predicted octanol–water partition coefficient (Wildman–Crippen LogP) is 6.25. The summed E-state index contributed by atoms with van der Waals surface area (Å²) in [5.41, 5.74) is -2.37. The predicted molar refractivity (Wildman–Crippen MR) is 128 cm³/mol. The number of hydrogen-bond donors (Lipinski definition) is 1. The summed E-state index contributed by atoms with van der Waals surface area (Å²) in [5, 5.41) is 12.9. The highest BCUT2D eigenvalue weighted by Crippen LogP contribution is 2.38. The van der Waals surface area contributed by atoms with Crippen LogP contribution in [-0.4, -0.2) is 44.8 Å². The summed E-state index contributed by atoms with van der Waals surface area (Å²) >= 11 is 6.12. The van der Waals surface area contributed by atoms with Gasteiger partial charge in [-0.05, 0) is 48.9 Å². The van der Waals surface area contributed by atoms with Crippen LogP contribution in [0, 0.1) is 11.6 Å². The van der Waals surface area contributed by atoms with E-state index in [0.29, 0.717) is 13.1 Å². The molecule has 2 heterocycles. The Kier molecular flexibility index (Phi) is 6.34. The molecule has 1 fully saturated rings. The molecule has 0 bridgehead atoms. The standard InChI is InChI=1S/C26H17ClF5N3O3/c27-18-4-1-3-17(26(30,31)32)16(18)12-35-21-11-14(24(36)34-7-2-8-34)10-20(29)22(21)23(33-35)15-6-5-13(25(37)38)9-19(15)28/h1,3-6,9-11H,2,7-8,12H2,(H,37,38). The molecule has 0 saturated carbocycles. The molecule has 0 aliphatic carbocycles. The number of amides is 1.